The maximum absolute atomic E-state index is 5.23. The molecule has 0 aliphatic heterocycles. The topological polar surface area (TPSA) is 9.23 Å². The number of hydrogen-bond donors (Lipinski definition) is 0. The van der Waals surface area contributed by atoms with Crippen molar-refractivity contribution in [2.24, 2.45) is 0 Å². The summed E-state index contributed by atoms with van der Waals surface area (Å²) < 4.78 is 5.23. The summed E-state index contributed by atoms with van der Waals surface area (Å²) in [7, 11) is 1.70. The second kappa shape index (κ2) is 4.66. The Morgan fingerprint density at radius 1 is 0.923 bits per heavy atom. The van der Waals surface area contributed by atoms with E-state index in [1.165, 1.54) is 10.8 Å². The van der Waals surface area contributed by atoms with Gasteiger partial charge in [-0.15, -0.1) is 0 Å². The Morgan fingerprint density at radius 3 is 2.38 bits per heavy atom. The number of hydrogen-bond acceptors (Lipinski definition) is 1. The van der Waals surface area contributed by atoms with Crippen molar-refractivity contribution in [1.82, 2.24) is 0 Å². The molecule has 0 saturated heterocycles. The molecule has 1 radical (unpaired) electrons. The first kappa shape index (κ1) is 10.6. The van der Waals surface area contributed by atoms with Crippen LogP contribution in [0, 0.1) is 0 Å². The molecular formula is C11H10NaO. The van der Waals surface area contributed by atoms with Crippen molar-refractivity contribution in [3.05, 3.63) is 42.5 Å². The Bertz CT molecular complexity index is 393. The van der Waals surface area contributed by atoms with E-state index in [1.807, 2.05) is 24.3 Å². The molecule has 0 aromatic heterocycles. The normalized spacial score (nSPS) is 9.31. The van der Waals surface area contributed by atoms with Gasteiger partial charge in [0, 0.05) is 34.9 Å². The Kier molecular flexibility index (Phi) is 3.79. The van der Waals surface area contributed by atoms with Gasteiger partial charge in [0.05, 0.1) is 7.11 Å². The van der Waals surface area contributed by atoms with Gasteiger partial charge in [-0.2, -0.15) is 0 Å². The number of benzene rings is 2. The van der Waals surface area contributed by atoms with Crippen LogP contribution in [0.15, 0.2) is 42.5 Å². The Labute approximate surface area is 100 Å². The number of ether oxygens (including phenoxy) is 1. The minimum absolute atomic E-state index is 0. The fourth-order valence-corrected chi connectivity index (χ4v) is 1.37. The number of rotatable bonds is 1. The van der Waals surface area contributed by atoms with Gasteiger partial charge in [0.25, 0.3) is 0 Å². The molecule has 0 heterocycles. The molecule has 1 nitrogen and oxygen atoms in total. The third-order valence-corrected chi connectivity index (χ3v) is 1.97. The van der Waals surface area contributed by atoms with Crippen molar-refractivity contribution < 1.29 is 4.74 Å². The molecule has 61 valence electrons. The van der Waals surface area contributed by atoms with Crippen LogP contribution in [0.25, 0.3) is 10.8 Å². The monoisotopic (exact) mass is 181 g/mol. The summed E-state index contributed by atoms with van der Waals surface area (Å²) in [6, 6.07) is 14.2. The molecule has 0 bridgehead atoms. The molecular weight excluding hydrogens is 171 g/mol. The van der Waals surface area contributed by atoms with Gasteiger partial charge < -0.3 is 4.74 Å². The van der Waals surface area contributed by atoms with Crippen molar-refractivity contribution in [3.63, 3.8) is 0 Å². The van der Waals surface area contributed by atoms with E-state index in [0.717, 1.165) is 5.75 Å². The van der Waals surface area contributed by atoms with Crippen molar-refractivity contribution >= 4 is 40.3 Å². The molecule has 0 N–H and O–H groups in total. The molecule has 0 unspecified atom stereocenters. The largest absolute Gasteiger partial charge is 0.496 e. The van der Waals surface area contributed by atoms with Crippen LogP contribution in [-0.4, -0.2) is 36.7 Å². The van der Waals surface area contributed by atoms with Gasteiger partial charge in [-0.3, -0.25) is 0 Å². The first-order valence-electron chi connectivity index (χ1n) is 3.93. The molecule has 2 rings (SSSR count). The summed E-state index contributed by atoms with van der Waals surface area (Å²) in [6.07, 6.45) is 0. The van der Waals surface area contributed by atoms with Gasteiger partial charge in [-0.25, -0.2) is 0 Å². The molecule has 2 aromatic carbocycles. The van der Waals surface area contributed by atoms with E-state index in [1.54, 1.807) is 7.11 Å². The van der Waals surface area contributed by atoms with Gasteiger partial charge in [0.1, 0.15) is 5.75 Å². The van der Waals surface area contributed by atoms with Gasteiger partial charge in [0.15, 0.2) is 0 Å². The molecule has 0 fully saturated rings. The molecule has 0 aliphatic rings. The van der Waals surface area contributed by atoms with Crippen LogP contribution in [0.5, 0.6) is 5.75 Å². The molecule has 0 atom stereocenters. The molecule has 0 amide bonds. The first-order chi connectivity index (χ1) is 5.92. The zero-order valence-corrected chi connectivity index (χ0v) is 9.95. The van der Waals surface area contributed by atoms with E-state index in [2.05, 4.69) is 18.2 Å². The van der Waals surface area contributed by atoms with Gasteiger partial charge in [-0.1, -0.05) is 36.4 Å². The van der Waals surface area contributed by atoms with Crippen LogP contribution in [0.3, 0.4) is 0 Å². The Morgan fingerprint density at radius 2 is 1.62 bits per heavy atom. The second-order valence-corrected chi connectivity index (χ2v) is 2.68. The summed E-state index contributed by atoms with van der Waals surface area (Å²) >= 11 is 0. The minimum atomic E-state index is 0. The third kappa shape index (κ3) is 2.05. The smallest absolute Gasteiger partial charge is 0.126 e. The van der Waals surface area contributed by atoms with E-state index in [9.17, 15) is 0 Å². The maximum Gasteiger partial charge on any atom is 0.126 e. The van der Waals surface area contributed by atoms with Gasteiger partial charge >= 0.3 is 0 Å². The molecule has 0 aliphatic carbocycles. The molecule has 13 heavy (non-hydrogen) atoms. The van der Waals surface area contributed by atoms with E-state index in [4.69, 9.17) is 4.74 Å². The Balaban J connectivity index is 0.000000845. The van der Waals surface area contributed by atoms with Crippen LogP contribution in [-0.2, 0) is 0 Å². The van der Waals surface area contributed by atoms with Crippen molar-refractivity contribution in [3.8, 4) is 5.75 Å². The van der Waals surface area contributed by atoms with Crippen LogP contribution in [0.1, 0.15) is 0 Å². The second-order valence-electron chi connectivity index (χ2n) is 2.68. The van der Waals surface area contributed by atoms with Crippen molar-refractivity contribution in [1.29, 1.82) is 0 Å². The van der Waals surface area contributed by atoms with E-state index < -0.39 is 0 Å². The molecule has 0 saturated carbocycles. The summed E-state index contributed by atoms with van der Waals surface area (Å²) in [6.45, 7) is 0. The maximum atomic E-state index is 5.23. The number of fused-ring (bicyclic) bond motifs is 1. The summed E-state index contributed by atoms with van der Waals surface area (Å²) in [5.74, 6) is 0.938. The van der Waals surface area contributed by atoms with E-state index in [-0.39, 0.29) is 29.6 Å². The van der Waals surface area contributed by atoms with Gasteiger partial charge in [0.2, 0.25) is 0 Å². The van der Waals surface area contributed by atoms with Crippen LogP contribution in [0.4, 0.5) is 0 Å². The summed E-state index contributed by atoms with van der Waals surface area (Å²) in [5.41, 5.74) is 0. The first-order valence-corrected chi connectivity index (χ1v) is 3.93. The quantitative estimate of drug-likeness (QED) is 0.614. The average Bonchev–Trinajstić information content (AvgIpc) is 2.17. The fraction of sp³-hybridized carbons (Fsp3) is 0.0909. The predicted octanol–water partition coefficient (Wildman–Crippen LogP) is 2.47. The standard InChI is InChI=1S/C11H10O.Na/c1-12-11-8-4-6-9-5-2-3-7-10(9)11;/h2-8H,1H3;. The summed E-state index contributed by atoms with van der Waals surface area (Å²) in [4.78, 5) is 0. The Hall–Kier alpha value is -0.500. The zero-order valence-electron chi connectivity index (χ0n) is 7.95. The summed E-state index contributed by atoms with van der Waals surface area (Å²) in [5, 5.41) is 2.39. The van der Waals surface area contributed by atoms with E-state index in [0.29, 0.717) is 0 Å². The van der Waals surface area contributed by atoms with Crippen molar-refractivity contribution in [2.45, 2.75) is 0 Å². The SMILES string of the molecule is COc1cccc2ccccc12.[Na]. The van der Waals surface area contributed by atoms with E-state index >= 15 is 0 Å². The predicted molar refractivity (Wildman–Crippen MR) is 56.3 cm³/mol. The number of methoxy groups -OCH3 is 1. The van der Waals surface area contributed by atoms with Crippen LogP contribution >= 0.6 is 0 Å². The van der Waals surface area contributed by atoms with Crippen LogP contribution in [0.2, 0.25) is 0 Å². The molecule has 2 heteroatoms. The zero-order chi connectivity index (χ0) is 8.39. The average molecular weight is 181 g/mol. The van der Waals surface area contributed by atoms with Gasteiger partial charge in [-0.05, 0) is 11.5 Å². The minimum Gasteiger partial charge on any atom is -0.496 e. The fourth-order valence-electron chi connectivity index (χ4n) is 1.37. The van der Waals surface area contributed by atoms with Crippen molar-refractivity contribution in [2.75, 3.05) is 7.11 Å². The third-order valence-electron chi connectivity index (χ3n) is 1.97. The molecule has 2 aromatic rings. The van der Waals surface area contributed by atoms with Crippen LogP contribution < -0.4 is 4.74 Å². The molecule has 0 spiro atoms.